The van der Waals surface area contributed by atoms with Gasteiger partial charge in [0.25, 0.3) is 0 Å². The predicted molar refractivity (Wildman–Crippen MR) is 242 cm³/mol. The third-order valence-corrected chi connectivity index (χ3v) is 11.8. The minimum Gasteiger partial charge on any atom is -0.448 e. The Labute approximate surface area is 377 Å². The van der Waals surface area contributed by atoms with Gasteiger partial charge in [0, 0.05) is 18.8 Å². The number of benzene rings is 4. The van der Waals surface area contributed by atoms with E-state index in [1.807, 2.05) is 111 Å². The maximum absolute atomic E-state index is 13.3. The summed E-state index contributed by atoms with van der Waals surface area (Å²) in [6.07, 6.45) is -0.383. The average molecular weight is 975 g/mol. The topological polar surface area (TPSA) is 188 Å². The summed E-state index contributed by atoms with van der Waals surface area (Å²) in [7, 11) is 0. The molecule has 1 aliphatic carbocycles. The van der Waals surface area contributed by atoms with Gasteiger partial charge in [-0.05, 0) is 77.6 Å². The van der Waals surface area contributed by atoms with Crippen LogP contribution in [0, 0.1) is 5.92 Å². The van der Waals surface area contributed by atoms with Crippen LogP contribution in [0.2, 0.25) is 0 Å². The SMILES string of the molecule is CC[C@H](C)[C@H](N)C(=O)N(CC1CC(Br)=NO1)C(=O)OCc1ccccc1.N[C@@H](Cc1ccccc1)C(=O)N(CC1CC(Br)=NO1)C(=O)OCC1c2ccccc2-c2ccccc21. The van der Waals surface area contributed by atoms with Crippen LogP contribution in [0.3, 0.4) is 0 Å². The van der Waals surface area contributed by atoms with Gasteiger partial charge in [0.15, 0.2) is 12.2 Å². The highest BCUT2D eigenvalue weighted by Crippen LogP contribution is 2.44. The van der Waals surface area contributed by atoms with Crippen LogP contribution in [0.1, 0.15) is 61.3 Å². The van der Waals surface area contributed by atoms with Gasteiger partial charge in [-0.2, -0.15) is 0 Å². The molecule has 2 unspecified atom stereocenters. The quantitative estimate of drug-likeness (QED) is 0.126. The number of halogens is 2. The van der Waals surface area contributed by atoms with Crippen LogP contribution in [0.25, 0.3) is 11.1 Å². The van der Waals surface area contributed by atoms with Gasteiger partial charge in [0.2, 0.25) is 11.8 Å². The van der Waals surface area contributed by atoms with E-state index in [1.54, 1.807) is 0 Å². The fourth-order valence-corrected chi connectivity index (χ4v) is 8.09. The number of carbonyl (C=O) groups excluding carboxylic acids is 4. The summed E-state index contributed by atoms with van der Waals surface area (Å²) in [5, 5.41) is 7.66. The first kappa shape index (κ1) is 46.1. The molecule has 326 valence electrons. The number of carbonyl (C=O) groups is 4. The Hall–Kier alpha value is -5.42. The molecule has 14 nitrogen and oxygen atoms in total. The number of fused-ring (bicyclic) bond motifs is 3. The minimum absolute atomic E-state index is 0.00338. The van der Waals surface area contributed by atoms with Crippen molar-refractivity contribution in [3.8, 4) is 11.1 Å². The van der Waals surface area contributed by atoms with Crippen molar-refractivity contribution in [1.29, 1.82) is 0 Å². The molecule has 4 amide bonds. The van der Waals surface area contributed by atoms with Gasteiger partial charge >= 0.3 is 12.2 Å². The molecule has 5 atom stereocenters. The second kappa shape index (κ2) is 22.1. The molecule has 3 aliphatic rings. The Balaban J connectivity index is 0.000000219. The number of ether oxygens (including phenoxy) is 2. The molecule has 16 heteroatoms. The predicted octanol–water partition coefficient (Wildman–Crippen LogP) is 7.85. The van der Waals surface area contributed by atoms with E-state index < -0.39 is 48.3 Å². The molecule has 0 radical (unpaired) electrons. The monoisotopic (exact) mass is 972 g/mol. The average Bonchev–Trinajstić information content (AvgIpc) is 4.01. The van der Waals surface area contributed by atoms with E-state index in [2.05, 4.69) is 54.3 Å². The zero-order chi connectivity index (χ0) is 44.2. The number of hydrogen-bond acceptors (Lipinski definition) is 12. The molecular formula is C46H50Br2N6O8. The van der Waals surface area contributed by atoms with E-state index in [9.17, 15) is 19.2 Å². The van der Waals surface area contributed by atoms with Crippen LogP contribution >= 0.6 is 31.9 Å². The first-order chi connectivity index (χ1) is 29.9. The van der Waals surface area contributed by atoms with E-state index in [4.69, 9.17) is 30.6 Å². The van der Waals surface area contributed by atoms with E-state index in [-0.39, 0.29) is 38.1 Å². The summed E-state index contributed by atoms with van der Waals surface area (Å²) in [6.45, 7) is 4.04. The summed E-state index contributed by atoms with van der Waals surface area (Å²) >= 11 is 6.55. The maximum atomic E-state index is 13.3. The molecule has 0 fully saturated rings. The molecule has 4 N–H and O–H groups in total. The first-order valence-corrected chi connectivity index (χ1v) is 22.0. The molecule has 7 rings (SSSR count). The van der Waals surface area contributed by atoms with E-state index in [1.165, 1.54) is 0 Å². The molecule has 0 spiro atoms. The molecular weight excluding hydrogens is 924 g/mol. The highest BCUT2D eigenvalue weighted by atomic mass is 79.9. The summed E-state index contributed by atoms with van der Waals surface area (Å²) in [5.41, 5.74) is 18.5. The molecule has 2 aliphatic heterocycles. The number of hydrogen-bond donors (Lipinski definition) is 2. The van der Waals surface area contributed by atoms with Crippen molar-refractivity contribution in [2.75, 3.05) is 19.7 Å². The van der Waals surface area contributed by atoms with Gasteiger partial charge in [0.05, 0.1) is 25.2 Å². The molecule has 0 saturated carbocycles. The Morgan fingerprint density at radius 1 is 0.694 bits per heavy atom. The third-order valence-electron chi connectivity index (χ3n) is 10.8. The van der Waals surface area contributed by atoms with Crippen LogP contribution in [0.15, 0.2) is 120 Å². The molecule has 62 heavy (non-hydrogen) atoms. The standard InChI is InChI=1S/C28H26BrN3O4.C18H24BrN3O4/c29-26-15-19(36-31-26)16-32(27(33)25(30)14-18-8-2-1-3-9-18)28(34)35-17-24-22-12-6-4-10-20(22)21-11-5-7-13-23(21)24;1-3-12(2)16(20)17(23)22(10-14-9-15(19)21-26-14)18(24)25-11-13-7-5-4-6-8-13/h1-13,19,24-25H,14-17,30H2;4-8,12,14,16H,3,9-11,20H2,1-2H3/t19?,25-;12-,14?,16-/m00/s1. The number of oxime groups is 2. The van der Waals surface area contributed by atoms with E-state index >= 15 is 0 Å². The second-order valence-corrected chi connectivity index (χ2v) is 17.1. The lowest BCUT2D eigenvalue weighted by molar-refractivity contribution is -0.134. The Morgan fingerprint density at radius 3 is 1.66 bits per heavy atom. The van der Waals surface area contributed by atoms with Gasteiger partial charge in [0.1, 0.15) is 22.5 Å². The van der Waals surface area contributed by atoms with Crippen molar-refractivity contribution in [2.45, 2.75) is 76.3 Å². The third kappa shape index (κ3) is 11.9. The molecule has 4 aromatic rings. The molecule has 0 aromatic heterocycles. The Bertz CT molecular complexity index is 2200. The van der Waals surface area contributed by atoms with Crippen molar-refractivity contribution in [3.05, 3.63) is 131 Å². The summed E-state index contributed by atoms with van der Waals surface area (Å²) < 4.78 is 12.3. The van der Waals surface area contributed by atoms with Crippen molar-refractivity contribution in [1.82, 2.24) is 9.80 Å². The fourth-order valence-electron chi connectivity index (χ4n) is 7.20. The van der Waals surface area contributed by atoms with Crippen LogP contribution in [0.5, 0.6) is 0 Å². The van der Waals surface area contributed by atoms with Crippen molar-refractivity contribution < 1.29 is 38.3 Å². The first-order valence-electron chi connectivity index (χ1n) is 20.4. The Morgan fingerprint density at radius 2 is 1.16 bits per heavy atom. The zero-order valence-corrected chi connectivity index (χ0v) is 37.7. The van der Waals surface area contributed by atoms with Crippen LogP contribution in [0.4, 0.5) is 9.59 Å². The summed E-state index contributed by atoms with van der Waals surface area (Å²) in [4.78, 5) is 64.7. The highest BCUT2D eigenvalue weighted by Gasteiger charge is 2.36. The number of rotatable bonds is 14. The fraction of sp³-hybridized carbons (Fsp3) is 0.348. The number of imide groups is 2. The van der Waals surface area contributed by atoms with Crippen LogP contribution < -0.4 is 11.5 Å². The normalized spacial score (nSPS) is 17.6. The number of amides is 4. The van der Waals surface area contributed by atoms with Gasteiger partial charge in [-0.3, -0.25) is 9.59 Å². The van der Waals surface area contributed by atoms with Crippen molar-refractivity contribution >= 4 is 65.1 Å². The lowest BCUT2D eigenvalue weighted by Crippen LogP contribution is -2.51. The van der Waals surface area contributed by atoms with Crippen molar-refractivity contribution in [3.63, 3.8) is 0 Å². The van der Waals surface area contributed by atoms with Crippen molar-refractivity contribution in [2.24, 2.45) is 27.7 Å². The van der Waals surface area contributed by atoms with Gasteiger partial charge in [-0.1, -0.05) is 140 Å². The largest absolute Gasteiger partial charge is 0.448 e. The molecule has 4 aromatic carbocycles. The number of nitrogens with two attached hydrogens (primary N) is 2. The Kier molecular flexibility index (Phi) is 16.4. The van der Waals surface area contributed by atoms with Crippen LogP contribution in [-0.4, -0.2) is 87.0 Å². The molecule has 0 saturated heterocycles. The molecule has 0 bridgehead atoms. The van der Waals surface area contributed by atoms with Crippen LogP contribution in [-0.2, 0) is 41.8 Å². The molecule has 2 heterocycles. The number of nitrogens with zero attached hydrogens (tertiary/aromatic N) is 4. The van der Waals surface area contributed by atoms with E-state index in [0.29, 0.717) is 28.5 Å². The second-order valence-electron chi connectivity index (χ2n) is 15.2. The lowest BCUT2D eigenvalue weighted by atomic mass is 9.98. The summed E-state index contributed by atoms with van der Waals surface area (Å²) in [6, 6.07) is 33.3. The lowest BCUT2D eigenvalue weighted by Gasteiger charge is -2.27. The maximum Gasteiger partial charge on any atom is 0.417 e. The zero-order valence-electron chi connectivity index (χ0n) is 34.5. The minimum atomic E-state index is -0.904. The van der Waals surface area contributed by atoms with Gasteiger partial charge in [-0.25, -0.2) is 19.4 Å². The van der Waals surface area contributed by atoms with Gasteiger partial charge < -0.3 is 30.6 Å². The van der Waals surface area contributed by atoms with E-state index in [0.717, 1.165) is 49.6 Å². The summed E-state index contributed by atoms with van der Waals surface area (Å²) in [5.74, 6) is -1.15. The highest BCUT2D eigenvalue weighted by molar-refractivity contribution is 9.18. The smallest absolute Gasteiger partial charge is 0.417 e. The van der Waals surface area contributed by atoms with Gasteiger partial charge in [-0.15, -0.1) is 0 Å².